The number of halogens is 3. The first-order chi connectivity index (χ1) is 10.9. The number of benzene rings is 1. The van der Waals surface area contributed by atoms with Gasteiger partial charge in [0.25, 0.3) is 0 Å². The van der Waals surface area contributed by atoms with Crippen molar-refractivity contribution in [1.82, 2.24) is 10.6 Å². The molecule has 0 spiro atoms. The van der Waals surface area contributed by atoms with E-state index in [4.69, 9.17) is 0 Å². The molecule has 1 aromatic carbocycles. The van der Waals surface area contributed by atoms with E-state index in [1.165, 1.54) is 0 Å². The molecule has 1 rings (SSSR count). The summed E-state index contributed by atoms with van der Waals surface area (Å²) < 4.78 is 35.7. The normalized spacial score (nSPS) is 11.1. The Morgan fingerprint density at radius 2 is 1.61 bits per heavy atom. The predicted molar refractivity (Wildman–Crippen MR) is 80.7 cm³/mol. The maximum atomic E-state index is 11.9. The van der Waals surface area contributed by atoms with Crippen LogP contribution in [0.4, 0.5) is 13.2 Å². The number of hydrogen-bond acceptors (Lipinski definition) is 2. The summed E-state index contributed by atoms with van der Waals surface area (Å²) in [5, 5.41) is 4.60. The molecule has 7 heteroatoms. The summed E-state index contributed by atoms with van der Waals surface area (Å²) in [5.74, 6) is -1.99. The average molecular weight is 330 g/mol. The van der Waals surface area contributed by atoms with Crippen LogP contribution in [0.3, 0.4) is 0 Å². The van der Waals surface area contributed by atoms with Gasteiger partial charge < -0.3 is 10.6 Å². The summed E-state index contributed by atoms with van der Waals surface area (Å²) in [4.78, 5) is 22.1. The Morgan fingerprint density at radius 3 is 2.26 bits per heavy atom. The molecule has 0 heterocycles. The monoisotopic (exact) mass is 330 g/mol. The van der Waals surface area contributed by atoms with Gasteiger partial charge in [-0.2, -0.15) is 13.2 Å². The molecule has 0 aliphatic heterocycles. The van der Waals surface area contributed by atoms with Crippen molar-refractivity contribution in [2.24, 2.45) is 0 Å². The number of amides is 2. The highest BCUT2D eigenvalue weighted by molar-refractivity contribution is 5.81. The van der Waals surface area contributed by atoms with E-state index in [2.05, 4.69) is 5.32 Å². The standard InChI is InChI=1S/C16H21F3N2O2/c17-16(18,19)15(23)21-11-6-2-5-9-14(22)20-12-10-13-7-3-1-4-8-13/h1,3-4,7-8H,2,5-6,9-12H2,(H,20,22)(H,21,23). The Morgan fingerprint density at radius 1 is 0.913 bits per heavy atom. The third-order valence-electron chi connectivity index (χ3n) is 3.20. The fraction of sp³-hybridized carbons (Fsp3) is 0.500. The summed E-state index contributed by atoms with van der Waals surface area (Å²) in [6, 6.07) is 9.78. The van der Waals surface area contributed by atoms with Gasteiger partial charge in [0.1, 0.15) is 0 Å². The number of nitrogens with one attached hydrogen (secondary N) is 2. The van der Waals surface area contributed by atoms with Crippen molar-refractivity contribution in [2.75, 3.05) is 13.1 Å². The molecular weight excluding hydrogens is 309 g/mol. The molecule has 4 nitrogen and oxygen atoms in total. The number of hydrogen-bond donors (Lipinski definition) is 2. The molecular formula is C16H21F3N2O2. The molecule has 0 aliphatic rings. The van der Waals surface area contributed by atoms with Crippen LogP contribution in [-0.4, -0.2) is 31.1 Å². The van der Waals surface area contributed by atoms with Crippen molar-refractivity contribution < 1.29 is 22.8 Å². The Hall–Kier alpha value is -2.05. The van der Waals surface area contributed by atoms with E-state index in [9.17, 15) is 22.8 Å². The third kappa shape index (κ3) is 8.85. The fourth-order valence-electron chi connectivity index (χ4n) is 1.97. The topological polar surface area (TPSA) is 58.2 Å². The number of carbonyl (C=O) groups is 2. The maximum absolute atomic E-state index is 11.9. The van der Waals surface area contributed by atoms with Crippen molar-refractivity contribution in [3.05, 3.63) is 35.9 Å². The van der Waals surface area contributed by atoms with Crippen LogP contribution >= 0.6 is 0 Å². The van der Waals surface area contributed by atoms with E-state index in [-0.39, 0.29) is 12.5 Å². The molecule has 0 bridgehead atoms. The molecule has 2 amide bonds. The summed E-state index contributed by atoms with van der Waals surface area (Å²) in [7, 11) is 0. The van der Waals surface area contributed by atoms with Crippen LogP contribution in [0.5, 0.6) is 0 Å². The Kier molecular flexibility index (Phi) is 8.15. The van der Waals surface area contributed by atoms with E-state index >= 15 is 0 Å². The Balaban J connectivity index is 1.99. The van der Waals surface area contributed by atoms with Crippen molar-refractivity contribution >= 4 is 11.8 Å². The minimum absolute atomic E-state index is 0.0338. The van der Waals surface area contributed by atoms with Crippen LogP contribution in [-0.2, 0) is 16.0 Å². The molecule has 0 atom stereocenters. The van der Waals surface area contributed by atoms with Crippen LogP contribution in [0, 0.1) is 0 Å². The quantitative estimate of drug-likeness (QED) is 0.684. The van der Waals surface area contributed by atoms with Gasteiger partial charge >= 0.3 is 12.1 Å². The van der Waals surface area contributed by atoms with E-state index in [1.807, 2.05) is 30.3 Å². The van der Waals surface area contributed by atoms with Gasteiger partial charge in [-0.15, -0.1) is 0 Å². The first-order valence-corrected chi connectivity index (χ1v) is 7.55. The van der Waals surface area contributed by atoms with E-state index in [0.717, 1.165) is 12.0 Å². The van der Waals surface area contributed by atoms with Crippen LogP contribution in [0.15, 0.2) is 30.3 Å². The maximum Gasteiger partial charge on any atom is 0.471 e. The molecule has 128 valence electrons. The highest BCUT2D eigenvalue weighted by Crippen LogP contribution is 2.14. The number of rotatable bonds is 9. The van der Waals surface area contributed by atoms with Crippen molar-refractivity contribution in [3.8, 4) is 0 Å². The molecule has 0 saturated heterocycles. The predicted octanol–water partition coefficient (Wildman–Crippen LogP) is 2.58. The zero-order valence-corrected chi connectivity index (χ0v) is 12.8. The van der Waals surface area contributed by atoms with Crippen LogP contribution in [0.1, 0.15) is 31.2 Å². The number of alkyl halides is 3. The molecule has 0 fully saturated rings. The third-order valence-corrected chi connectivity index (χ3v) is 3.20. The lowest BCUT2D eigenvalue weighted by Crippen LogP contribution is -2.37. The van der Waals surface area contributed by atoms with Gasteiger partial charge in [-0.1, -0.05) is 36.8 Å². The molecule has 23 heavy (non-hydrogen) atoms. The van der Waals surface area contributed by atoms with Gasteiger partial charge in [-0.05, 0) is 24.8 Å². The lowest BCUT2D eigenvalue weighted by Gasteiger charge is -2.08. The average Bonchev–Trinajstić information content (AvgIpc) is 2.50. The largest absolute Gasteiger partial charge is 0.471 e. The molecule has 0 aliphatic carbocycles. The Labute approximate surface area is 133 Å². The van der Waals surface area contributed by atoms with Gasteiger partial charge in [0.05, 0.1) is 0 Å². The number of carbonyl (C=O) groups excluding carboxylic acids is 2. The fourth-order valence-corrected chi connectivity index (χ4v) is 1.97. The van der Waals surface area contributed by atoms with Crippen molar-refractivity contribution in [1.29, 1.82) is 0 Å². The summed E-state index contributed by atoms with van der Waals surface area (Å²) >= 11 is 0. The van der Waals surface area contributed by atoms with E-state index in [1.54, 1.807) is 5.32 Å². The minimum atomic E-state index is -4.83. The molecule has 0 unspecified atom stereocenters. The first-order valence-electron chi connectivity index (χ1n) is 7.55. The van der Waals surface area contributed by atoms with Gasteiger partial charge in [-0.3, -0.25) is 9.59 Å². The summed E-state index contributed by atoms with van der Waals surface area (Å²) in [5.41, 5.74) is 1.15. The lowest BCUT2D eigenvalue weighted by atomic mass is 10.1. The van der Waals surface area contributed by atoms with Gasteiger partial charge in [0.15, 0.2) is 0 Å². The van der Waals surface area contributed by atoms with Crippen molar-refractivity contribution in [3.63, 3.8) is 0 Å². The van der Waals surface area contributed by atoms with Gasteiger partial charge in [0.2, 0.25) is 5.91 Å². The molecule has 2 N–H and O–H groups in total. The van der Waals surface area contributed by atoms with Crippen LogP contribution in [0.25, 0.3) is 0 Å². The summed E-state index contributed by atoms with van der Waals surface area (Å²) in [6.07, 6.45) is -2.15. The second-order valence-corrected chi connectivity index (χ2v) is 5.15. The second kappa shape index (κ2) is 9.86. The molecule has 0 aromatic heterocycles. The van der Waals surface area contributed by atoms with E-state index in [0.29, 0.717) is 32.2 Å². The molecule has 1 aromatic rings. The first kappa shape index (κ1) is 19.0. The highest BCUT2D eigenvalue weighted by Gasteiger charge is 2.38. The van der Waals surface area contributed by atoms with Crippen LogP contribution < -0.4 is 10.6 Å². The van der Waals surface area contributed by atoms with Gasteiger partial charge in [0, 0.05) is 19.5 Å². The zero-order valence-electron chi connectivity index (χ0n) is 12.8. The minimum Gasteiger partial charge on any atom is -0.356 e. The van der Waals surface area contributed by atoms with Crippen LogP contribution in [0.2, 0.25) is 0 Å². The lowest BCUT2D eigenvalue weighted by molar-refractivity contribution is -0.173. The smallest absolute Gasteiger partial charge is 0.356 e. The summed E-state index contributed by atoms with van der Waals surface area (Å²) in [6.45, 7) is 0.526. The molecule has 0 saturated carbocycles. The zero-order chi connectivity index (χ0) is 17.1. The van der Waals surface area contributed by atoms with E-state index < -0.39 is 12.1 Å². The molecule has 0 radical (unpaired) electrons. The highest BCUT2D eigenvalue weighted by atomic mass is 19.4. The van der Waals surface area contributed by atoms with Gasteiger partial charge in [-0.25, -0.2) is 0 Å². The number of unbranched alkanes of at least 4 members (excludes halogenated alkanes) is 2. The Bertz CT molecular complexity index is 490. The second-order valence-electron chi connectivity index (χ2n) is 5.15. The van der Waals surface area contributed by atoms with Crippen molar-refractivity contribution in [2.45, 2.75) is 38.3 Å². The SMILES string of the molecule is O=C(CCCCCNC(=O)C(F)(F)F)NCCc1ccccc1.